The predicted molar refractivity (Wildman–Crippen MR) is 53.7 cm³/mol. The van der Waals surface area contributed by atoms with Gasteiger partial charge in [-0.15, -0.1) is 0 Å². The first kappa shape index (κ1) is 9.47. The van der Waals surface area contributed by atoms with Crippen LogP contribution in [0.2, 0.25) is 0 Å². The Morgan fingerprint density at radius 2 is 2.23 bits per heavy atom. The molecular weight excluding hydrogens is 162 g/mol. The van der Waals surface area contributed by atoms with Crippen molar-refractivity contribution in [3.05, 3.63) is 0 Å². The van der Waals surface area contributed by atoms with Crippen molar-refractivity contribution in [3.63, 3.8) is 0 Å². The maximum atomic E-state index is 5.38. The Balaban J connectivity index is 1.56. The Labute approximate surface area is 81.0 Å². The fourth-order valence-electron chi connectivity index (χ4n) is 2.08. The first-order chi connectivity index (χ1) is 6.34. The van der Waals surface area contributed by atoms with Gasteiger partial charge in [0.1, 0.15) is 0 Å². The van der Waals surface area contributed by atoms with Crippen LogP contribution in [0.3, 0.4) is 0 Å². The van der Waals surface area contributed by atoms with E-state index in [0.29, 0.717) is 0 Å². The number of hydrogen-bond donors (Lipinski definition) is 1. The minimum Gasteiger partial charge on any atom is -0.381 e. The molecule has 2 unspecified atom stereocenters. The van der Waals surface area contributed by atoms with Gasteiger partial charge in [-0.2, -0.15) is 0 Å². The summed E-state index contributed by atoms with van der Waals surface area (Å²) in [4.78, 5) is 0. The molecule has 1 heterocycles. The summed E-state index contributed by atoms with van der Waals surface area (Å²) >= 11 is 0. The Kier molecular flexibility index (Phi) is 3.23. The van der Waals surface area contributed by atoms with E-state index in [-0.39, 0.29) is 0 Å². The van der Waals surface area contributed by atoms with E-state index in [0.717, 1.165) is 31.1 Å². The van der Waals surface area contributed by atoms with Crippen molar-refractivity contribution in [1.82, 2.24) is 5.32 Å². The van der Waals surface area contributed by atoms with Crippen LogP contribution in [-0.4, -0.2) is 25.8 Å². The Bertz CT molecular complexity index is 150. The molecule has 0 spiro atoms. The van der Waals surface area contributed by atoms with Crippen LogP contribution in [0, 0.1) is 11.8 Å². The van der Waals surface area contributed by atoms with Gasteiger partial charge in [0.15, 0.2) is 0 Å². The standard InChI is InChI=1S/C11H21NO/c1-9(7-12-11-2-3-11)6-10-4-5-13-8-10/h9-12H,2-8H2,1H3. The second-order valence-electron chi connectivity index (χ2n) is 4.75. The third-order valence-electron chi connectivity index (χ3n) is 3.09. The third-order valence-corrected chi connectivity index (χ3v) is 3.09. The third kappa shape index (κ3) is 3.28. The largest absolute Gasteiger partial charge is 0.381 e. The van der Waals surface area contributed by atoms with Gasteiger partial charge in [-0.3, -0.25) is 0 Å². The highest BCUT2D eigenvalue weighted by Gasteiger charge is 2.22. The summed E-state index contributed by atoms with van der Waals surface area (Å²) in [5, 5.41) is 3.59. The molecule has 0 aromatic rings. The van der Waals surface area contributed by atoms with E-state index in [1.54, 1.807) is 0 Å². The van der Waals surface area contributed by atoms with E-state index >= 15 is 0 Å². The molecule has 76 valence electrons. The molecule has 0 amide bonds. The SMILES string of the molecule is CC(CNC1CC1)CC1CCOC1. The molecule has 1 aliphatic heterocycles. The second-order valence-corrected chi connectivity index (χ2v) is 4.75. The lowest BCUT2D eigenvalue weighted by atomic mass is 9.95. The molecule has 1 saturated heterocycles. The molecule has 2 fully saturated rings. The van der Waals surface area contributed by atoms with Crippen LogP contribution in [0.25, 0.3) is 0 Å². The average molecular weight is 183 g/mol. The van der Waals surface area contributed by atoms with Gasteiger partial charge in [-0.05, 0) is 44.1 Å². The van der Waals surface area contributed by atoms with Gasteiger partial charge in [0.2, 0.25) is 0 Å². The molecule has 2 nitrogen and oxygen atoms in total. The number of nitrogens with one attached hydrogen (secondary N) is 1. The fourth-order valence-corrected chi connectivity index (χ4v) is 2.08. The highest BCUT2D eigenvalue weighted by Crippen LogP contribution is 2.22. The van der Waals surface area contributed by atoms with Crippen molar-refractivity contribution < 1.29 is 4.74 Å². The second kappa shape index (κ2) is 4.43. The summed E-state index contributed by atoms with van der Waals surface area (Å²) in [5.41, 5.74) is 0. The van der Waals surface area contributed by atoms with Crippen LogP contribution >= 0.6 is 0 Å². The summed E-state index contributed by atoms with van der Waals surface area (Å²) in [5.74, 6) is 1.67. The molecule has 13 heavy (non-hydrogen) atoms. The number of ether oxygens (including phenoxy) is 1. The summed E-state index contributed by atoms with van der Waals surface area (Å²) in [6, 6.07) is 0.863. The average Bonchev–Trinajstić information content (AvgIpc) is 2.82. The number of hydrogen-bond acceptors (Lipinski definition) is 2. The van der Waals surface area contributed by atoms with Gasteiger partial charge < -0.3 is 10.1 Å². The molecule has 2 heteroatoms. The van der Waals surface area contributed by atoms with E-state index in [1.165, 1.54) is 32.2 Å². The zero-order valence-corrected chi connectivity index (χ0v) is 8.59. The minimum atomic E-state index is 0.826. The minimum absolute atomic E-state index is 0.826. The maximum absolute atomic E-state index is 5.38. The molecule has 0 aromatic carbocycles. The van der Waals surface area contributed by atoms with Crippen molar-refractivity contribution in [3.8, 4) is 0 Å². The molecule has 1 N–H and O–H groups in total. The quantitative estimate of drug-likeness (QED) is 0.702. The number of rotatable bonds is 5. The predicted octanol–water partition coefficient (Wildman–Crippen LogP) is 1.80. The van der Waals surface area contributed by atoms with Gasteiger partial charge in [0.05, 0.1) is 0 Å². The highest BCUT2D eigenvalue weighted by molar-refractivity contribution is 4.81. The summed E-state index contributed by atoms with van der Waals surface area (Å²) in [6.45, 7) is 5.57. The van der Waals surface area contributed by atoms with Crippen molar-refractivity contribution in [1.29, 1.82) is 0 Å². The molecular formula is C11H21NO. The highest BCUT2D eigenvalue weighted by atomic mass is 16.5. The molecule has 1 aliphatic carbocycles. The molecule has 0 radical (unpaired) electrons. The van der Waals surface area contributed by atoms with Crippen molar-refractivity contribution in [2.45, 2.75) is 38.6 Å². The Morgan fingerprint density at radius 1 is 1.38 bits per heavy atom. The van der Waals surface area contributed by atoms with Crippen LogP contribution in [0.15, 0.2) is 0 Å². The van der Waals surface area contributed by atoms with Crippen LogP contribution < -0.4 is 5.32 Å². The van der Waals surface area contributed by atoms with Gasteiger partial charge >= 0.3 is 0 Å². The zero-order valence-electron chi connectivity index (χ0n) is 8.59. The molecule has 1 saturated carbocycles. The lowest BCUT2D eigenvalue weighted by Crippen LogP contribution is -2.24. The van der Waals surface area contributed by atoms with Gasteiger partial charge in [-0.1, -0.05) is 6.92 Å². The zero-order chi connectivity index (χ0) is 9.10. The molecule has 2 atom stereocenters. The summed E-state index contributed by atoms with van der Waals surface area (Å²) in [7, 11) is 0. The summed E-state index contributed by atoms with van der Waals surface area (Å²) in [6.07, 6.45) is 5.44. The topological polar surface area (TPSA) is 21.3 Å². The van der Waals surface area contributed by atoms with E-state index in [4.69, 9.17) is 4.74 Å². The summed E-state index contributed by atoms with van der Waals surface area (Å²) < 4.78 is 5.38. The van der Waals surface area contributed by atoms with Crippen LogP contribution in [-0.2, 0) is 4.74 Å². The smallest absolute Gasteiger partial charge is 0.0495 e. The lowest BCUT2D eigenvalue weighted by Gasteiger charge is -2.15. The lowest BCUT2D eigenvalue weighted by molar-refractivity contribution is 0.180. The van der Waals surface area contributed by atoms with Crippen LogP contribution in [0.4, 0.5) is 0 Å². The Morgan fingerprint density at radius 3 is 2.85 bits per heavy atom. The monoisotopic (exact) mass is 183 g/mol. The Hall–Kier alpha value is -0.0800. The van der Waals surface area contributed by atoms with E-state index in [1.807, 2.05) is 0 Å². The van der Waals surface area contributed by atoms with Crippen LogP contribution in [0.5, 0.6) is 0 Å². The fraction of sp³-hybridized carbons (Fsp3) is 1.00. The molecule has 0 bridgehead atoms. The van der Waals surface area contributed by atoms with E-state index < -0.39 is 0 Å². The van der Waals surface area contributed by atoms with Crippen LogP contribution in [0.1, 0.15) is 32.6 Å². The van der Waals surface area contributed by atoms with Gasteiger partial charge in [-0.25, -0.2) is 0 Å². The van der Waals surface area contributed by atoms with Crippen molar-refractivity contribution >= 4 is 0 Å². The van der Waals surface area contributed by atoms with Gasteiger partial charge in [0.25, 0.3) is 0 Å². The molecule has 2 aliphatic rings. The molecule has 0 aromatic heterocycles. The van der Waals surface area contributed by atoms with Crippen molar-refractivity contribution in [2.24, 2.45) is 11.8 Å². The first-order valence-electron chi connectivity index (χ1n) is 5.65. The van der Waals surface area contributed by atoms with Gasteiger partial charge in [0, 0.05) is 19.3 Å². The maximum Gasteiger partial charge on any atom is 0.0495 e. The van der Waals surface area contributed by atoms with Crippen molar-refractivity contribution in [2.75, 3.05) is 19.8 Å². The van der Waals surface area contributed by atoms with E-state index in [2.05, 4.69) is 12.2 Å². The normalized spacial score (nSPS) is 30.7. The van der Waals surface area contributed by atoms with E-state index in [9.17, 15) is 0 Å². The first-order valence-corrected chi connectivity index (χ1v) is 5.65. The molecule has 2 rings (SSSR count).